The minimum Gasteiger partial charge on any atom is -0.481 e. The molecule has 0 heterocycles. The zero-order valence-corrected chi connectivity index (χ0v) is 9.63. The lowest BCUT2D eigenvalue weighted by molar-refractivity contribution is -0.139. The number of carbonyl (C=O) groups excluding carboxylic acids is 1. The van der Waals surface area contributed by atoms with E-state index in [0.29, 0.717) is 0 Å². The number of carboxylic acids is 1. The van der Waals surface area contributed by atoms with Gasteiger partial charge < -0.3 is 15.5 Å². The Bertz CT molecular complexity index is 253. The van der Waals surface area contributed by atoms with Crippen LogP contribution in [0, 0.1) is 0 Å². The molecule has 0 aromatic rings. The van der Waals surface area contributed by atoms with Gasteiger partial charge in [0, 0.05) is 6.42 Å². The van der Waals surface area contributed by atoms with Crippen LogP contribution in [0.1, 0.15) is 40.5 Å². The first-order valence-electron chi connectivity index (χ1n) is 4.81. The molecule has 0 aliphatic rings. The fraction of sp³-hybridized carbons (Fsp3) is 0.800. The van der Waals surface area contributed by atoms with Gasteiger partial charge in [0.2, 0.25) is 5.91 Å². The molecule has 0 saturated heterocycles. The highest BCUT2D eigenvalue weighted by Crippen LogP contribution is 2.20. The van der Waals surface area contributed by atoms with Gasteiger partial charge in [-0.1, -0.05) is 0 Å². The summed E-state index contributed by atoms with van der Waals surface area (Å²) in [6, 6.07) is 0. The maximum absolute atomic E-state index is 11.3. The molecule has 5 heteroatoms. The molecule has 0 aromatic heterocycles. The van der Waals surface area contributed by atoms with Crippen molar-refractivity contribution < 1.29 is 19.8 Å². The Morgan fingerprint density at radius 3 is 1.93 bits per heavy atom. The summed E-state index contributed by atoms with van der Waals surface area (Å²) in [5.41, 5.74) is -1.85. The van der Waals surface area contributed by atoms with Crippen LogP contribution >= 0.6 is 0 Å². The van der Waals surface area contributed by atoms with Crippen LogP contribution in [0.15, 0.2) is 0 Å². The van der Waals surface area contributed by atoms with E-state index in [-0.39, 0.29) is 18.7 Å². The van der Waals surface area contributed by atoms with Gasteiger partial charge in [-0.15, -0.1) is 0 Å². The zero-order valence-electron chi connectivity index (χ0n) is 9.63. The fourth-order valence-corrected chi connectivity index (χ4v) is 0.784. The van der Waals surface area contributed by atoms with Crippen LogP contribution in [0.2, 0.25) is 0 Å². The van der Waals surface area contributed by atoms with Gasteiger partial charge in [0.05, 0.1) is 17.6 Å². The molecule has 0 aromatic carbocycles. The van der Waals surface area contributed by atoms with E-state index in [9.17, 15) is 14.7 Å². The molecular formula is C10H19NO4. The van der Waals surface area contributed by atoms with Crippen LogP contribution in [-0.2, 0) is 9.59 Å². The summed E-state index contributed by atoms with van der Waals surface area (Å²) in [4.78, 5) is 21.6. The SMILES string of the molecule is CC(C)(O)C(C)(C)NC(=O)CCC(=O)O. The number of amides is 1. The van der Waals surface area contributed by atoms with E-state index in [1.54, 1.807) is 27.7 Å². The number of hydrogen-bond acceptors (Lipinski definition) is 3. The van der Waals surface area contributed by atoms with Crippen LogP contribution in [0.25, 0.3) is 0 Å². The summed E-state index contributed by atoms with van der Waals surface area (Å²) in [5, 5.41) is 20.7. The molecule has 0 bridgehead atoms. The Hall–Kier alpha value is -1.10. The molecule has 5 nitrogen and oxygen atoms in total. The average Bonchev–Trinajstić information content (AvgIpc) is 1.97. The van der Waals surface area contributed by atoms with Crippen LogP contribution < -0.4 is 5.32 Å². The average molecular weight is 217 g/mol. The highest BCUT2D eigenvalue weighted by molar-refractivity contribution is 5.81. The Morgan fingerprint density at radius 2 is 1.60 bits per heavy atom. The first-order chi connectivity index (χ1) is 6.56. The van der Waals surface area contributed by atoms with E-state index in [1.165, 1.54) is 0 Å². The summed E-state index contributed by atoms with van der Waals surface area (Å²) in [5.74, 6) is -1.38. The smallest absolute Gasteiger partial charge is 0.303 e. The molecular weight excluding hydrogens is 198 g/mol. The van der Waals surface area contributed by atoms with E-state index in [1.807, 2.05) is 0 Å². The van der Waals surface area contributed by atoms with Gasteiger partial charge in [-0.2, -0.15) is 0 Å². The van der Waals surface area contributed by atoms with Gasteiger partial charge >= 0.3 is 5.97 Å². The molecule has 0 atom stereocenters. The normalized spacial score (nSPS) is 12.3. The number of aliphatic carboxylic acids is 1. The van der Waals surface area contributed by atoms with Crippen molar-refractivity contribution in [3.63, 3.8) is 0 Å². The summed E-state index contributed by atoms with van der Waals surface area (Å²) >= 11 is 0. The van der Waals surface area contributed by atoms with Crippen LogP contribution in [-0.4, -0.2) is 33.2 Å². The number of carbonyl (C=O) groups is 2. The van der Waals surface area contributed by atoms with Crippen LogP contribution in [0.5, 0.6) is 0 Å². The van der Waals surface area contributed by atoms with Gasteiger partial charge in [0.1, 0.15) is 0 Å². The number of aliphatic hydroxyl groups is 1. The lowest BCUT2D eigenvalue weighted by atomic mass is 9.86. The Kier molecular flexibility index (Phi) is 4.27. The van der Waals surface area contributed by atoms with Crippen molar-refractivity contribution >= 4 is 11.9 Å². The van der Waals surface area contributed by atoms with Crippen molar-refractivity contribution in [1.82, 2.24) is 5.32 Å². The van der Waals surface area contributed by atoms with E-state index < -0.39 is 17.1 Å². The van der Waals surface area contributed by atoms with Gasteiger partial charge in [0.15, 0.2) is 0 Å². The molecule has 0 fully saturated rings. The third-order valence-corrected chi connectivity index (χ3v) is 2.55. The number of hydrogen-bond donors (Lipinski definition) is 3. The van der Waals surface area contributed by atoms with Crippen molar-refractivity contribution in [2.45, 2.75) is 51.7 Å². The first-order valence-corrected chi connectivity index (χ1v) is 4.81. The van der Waals surface area contributed by atoms with E-state index in [0.717, 1.165) is 0 Å². The van der Waals surface area contributed by atoms with Gasteiger partial charge in [-0.05, 0) is 27.7 Å². The lowest BCUT2D eigenvalue weighted by Gasteiger charge is -2.38. The van der Waals surface area contributed by atoms with Crippen molar-refractivity contribution in [3.05, 3.63) is 0 Å². The topological polar surface area (TPSA) is 86.6 Å². The zero-order chi connectivity index (χ0) is 12.3. The minimum absolute atomic E-state index is 0.0746. The van der Waals surface area contributed by atoms with Crippen molar-refractivity contribution in [1.29, 1.82) is 0 Å². The van der Waals surface area contributed by atoms with Crippen molar-refractivity contribution in [2.24, 2.45) is 0 Å². The molecule has 0 spiro atoms. The second-order valence-electron chi connectivity index (χ2n) is 4.63. The molecule has 0 saturated carbocycles. The van der Waals surface area contributed by atoms with Crippen molar-refractivity contribution in [3.8, 4) is 0 Å². The lowest BCUT2D eigenvalue weighted by Crippen LogP contribution is -2.57. The quantitative estimate of drug-likeness (QED) is 0.626. The number of rotatable bonds is 5. The third-order valence-electron chi connectivity index (χ3n) is 2.55. The Labute approximate surface area is 89.5 Å². The highest BCUT2D eigenvalue weighted by Gasteiger charge is 2.36. The monoisotopic (exact) mass is 217 g/mol. The molecule has 0 aliphatic heterocycles. The summed E-state index contributed by atoms with van der Waals surface area (Å²) in [6.45, 7) is 6.55. The maximum atomic E-state index is 11.3. The van der Waals surface area contributed by atoms with Crippen LogP contribution in [0.4, 0.5) is 0 Å². The van der Waals surface area contributed by atoms with Gasteiger partial charge in [0.25, 0.3) is 0 Å². The van der Waals surface area contributed by atoms with Gasteiger partial charge in [-0.3, -0.25) is 9.59 Å². The first kappa shape index (κ1) is 13.9. The Balaban J connectivity index is 4.23. The summed E-state index contributed by atoms with van der Waals surface area (Å²) in [7, 11) is 0. The summed E-state index contributed by atoms with van der Waals surface area (Å²) < 4.78 is 0. The molecule has 1 amide bonds. The standard InChI is InChI=1S/C10H19NO4/c1-9(2,10(3,4)15)11-7(12)5-6-8(13)14/h15H,5-6H2,1-4H3,(H,11,12)(H,13,14). The van der Waals surface area contributed by atoms with Crippen molar-refractivity contribution in [2.75, 3.05) is 0 Å². The molecule has 0 unspecified atom stereocenters. The van der Waals surface area contributed by atoms with E-state index >= 15 is 0 Å². The second kappa shape index (κ2) is 4.61. The molecule has 88 valence electrons. The molecule has 0 aliphatic carbocycles. The predicted octanol–water partition coefficient (Wildman–Crippen LogP) is 0.517. The number of carboxylic acid groups (broad SMARTS) is 1. The summed E-state index contributed by atoms with van der Waals surface area (Å²) in [6.07, 6.45) is -0.275. The molecule has 0 rings (SSSR count). The third kappa shape index (κ3) is 4.78. The van der Waals surface area contributed by atoms with Crippen LogP contribution in [0.3, 0.4) is 0 Å². The van der Waals surface area contributed by atoms with E-state index in [2.05, 4.69) is 5.32 Å². The number of nitrogens with one attached hydrogen (secondary N) is 1. The Morgan fingerprint density at radius 1 is 1.13 bits per heavy atom. The second-order valence-corrected chi connectivity index (χ2v) is 4.63. The maximum Gasteiger partial charge on any atom is 0.303 e. The predicted molar refractivity (Wildman–Crippen MR) is 55.4 cm³/mol. The molecule has 0 radical (unpaired) electrons. The molecule has 15 heavy (non-hydrogen) atoms. The highest BCUT2D eigenvalue weighted by atomic mass is 16.4. The largest absolute Gasteiger partial charge is 0.481 e. The van der Waals surface area contributed by atoms with E-state index in [4.69, 9.17) is 5.11 Å². The van der Waals surface area contributed by atoms with Gasteiger partial charge in [-0.25, -0.2) is 0 Å². The molecule has 3 N–H and O–H groups in total. The minimum atomic E-state index is -1.06. The fourth-order valence-electron chi connectivity index (χ4n) is 0.784.